The van der Waals surface area contributed by atoms with Crippen molar-refractivity contribution in [3.8, 4) is 5.75 Å². The predicted molar refractivity (Wildman–Crippen MR) is 161 cm³/mol. The molecular formula is C33H35N5O5. The van der Waals surface area contributed by atoms with E-state index < -0.39 is 11.4 Å². The van der Waals surface area contributed by atoms with Crippen LogP contribution in [0.15, 0.2) is 72.9 Å². The molecule has 2 aromatic heterocycles. The molecule has 2 aromatic carbocycles. The van der Waals surface area contributed by atoms with Crippen LogP contribution in [0.3, 0.4) is 0 Å². The molecule has 43 heavy (non-hydrogen) atoms. The fourth-order valence-corrected chi connectivity index (χ4v) is 5.62. The smallest absolute Gasteiger partial charge is 0.270 e. The van der Waals surface area contributed by atoms with E-state index in [0.717, 1.165) is 27.7 Å². The van der Waals surface area contributed by atoms with Crippen LogP contribution in [0.25, 0.3) is 10.9 Å². The molecule has 0 radical (unpaired) electrons. The summed E-state index contributed by atoms with van der Waals surface area (Å²) in [6, 6.07) is 20.2. The van der Waals surface area contributed by atoms with Gasteiger partial charge in [-0.05, 0) is 93.6 Å². The summed E-state index contributed by atoms with van der Waals surface area (Å²) in [5.74, 6) is -0.564. The van der Waals surface area contributed by atoms with E-state index >= 15 is 0 Å². The molecule has 4 aromatic rings. The molecule has 2 heterocycles. The molecule has 3 amide bonds. The number of nitrogens with zero attached hydrogens (tertiary/aromatic N) is 2. The van der Waals surface area contributed by atoms with Crippen molar-refractivity contribution in [1.82, 2.24) is 26.1 Å². The molecule has 222 valence electrons. The van der Waals surface area contributed by atoms with E-state index in [4.69, 9.17) is 4.74 Å². The van der Waals surface area contributed by atoms with Gasteiger partial charge in [-0.15, -0.1) is 0 Å². The highest BCUT2D eigenvalue weighted by molar-refractivity contribution is 5.95. The summed E-state index contributed by atoms with van der Waals surface area (Å²) in [7, 11) is 0. The summed E-state index contributed by atoms with van der Waals surface area (Å²) in [5.41, 5.74) is 5.37. The van der Waals surface area contributed by atoms with Gasteiger partial charge in [0.15, 0.2) is 0 Å². The minimum absolute atomic E-state index is 0.0875. The molecule has 10 heteroatoms. The monoisotopic (exact) mass is 581 g/mol. The quantitative estimate of drug-likeness (QED) is 0.168. The zero-order valence-electron chi connectivity index (χ0n) is 24.2. The zero-order valence-corrected chi connectivity index (χ0v) is 24.2. The van der Waals surface area contributed by atoms with Crippen molar-refractivity contribution in [2.75, 3.05) is 0 Å². The van der Waals surface area contributed by atoms with E-state index in [1.54, 1.807) is 42.0 Å². The average Bonchev–Trinajstić information content (AvgIpc) is 3.01. The Balaban J connectivity index is 1.21. The van der Waals surface area contributed by atoms with Crippen LogP contribution >= 0.6 is 0 Å². The average molecular weight is 582 g/mol. The van der Waals surface area contributed by atoms with Crippen LogP contribution < -0.4 is 20.9 Å². The minimum Gasteiger partial charge on any atom is -0.489 e. The fourth-order valence-electron chi connectivity index (χ4n) is 5.62. The number of hydrogen-bond donors (Lipinski definition) is 4. The Labute approximate surface area is 249 Å². The first-order chi connectivity index (χ1) is 20.7. The summed E-state index contributed by atoms with van der Waals surface area (Å²) < 4.78 is 6.03. The summed E-state index contributed by atoms with van der Waals surface area (Å²) in [5, 5.41) is 16.3. The largest absolute Gasteiger partial charge is 0.489 e. The number of ether oxygens (including phenoxy) is 1. The summed E-state index contributed by atoms with van der Waals surface area (Å²) in [4.78, 5) is 46.9. The molecule has 0 spiro atoms. The van der Waals surface area contributed by atoms with E-state index in [2.05, 4.69) is 20.6 Å². The molecule has 1 saturated carbocycles. The second kappa shape index (κ2) is 13.0. The standard InChI is InChI=1S/C33H35N5O5/c1-21-13-16-34-29(17-21)32(41)36-25-11-14-33(15-12-25,19-30(39)38-42)37-31(40)23-7-9-26(10-8-23)43-20-24-18-22(2)35-28-6-4-3-5-27(24)28/h3-10,13,16-18,25,42H,11-12,14-15,19-20H2,1-2H3,(H,36,41)(H,37,40)(H,38,39)/t25-,33+. The van der Waals surface area contributed by atoms with Crippen LogP contribution in [-0.4, -0.2) is 44.5 Å². The molecule has 5 rings (SSSR count). The maximum Gasteiger partial charge on any atom is 0.270 e. The summed E-state index contributed by atoms with van der Waals surface area (Å²) in [6.07, 6.45) is 3.49. The first-order valence-corrected chi connectivity index (χ1v) is 14.3. The molecule has 0 unspecified atom stereocenters. The number of aryl methyl sites for hydroxylation is 2. The number of hydrogen-bond acceptors (Lipinski definition) is 7. The van der Waals surface area contributed by atoms with E-state index in [1.807, 2.05) is 50.2 Å². The lowest BCUT2D eigenvalue weighted by Crippen LogP contribution is -2.55. The van der Waals surface area contributed by atoms with Crippen molar-refractivity contribution >= 4 is 28.6 Å². The van der Waals surface area contributed by atoms with Crippen molar-refractivity contribution in [2.45, 2.75) is 64.1 Å². The molecule has 0 saturated heterocycles. The highest BCUT2D eigenvalue weighted by Crippen LogP contribution is 2.32. The summed E-state index contributed by atoms with van der Waals surface area (Å²) in [6.45, 7) is 4.20. The van der Waals surface area contributed by atoms with Gasteiger partial charge < -0.3 is 15.4 Å². The topological polar surface area (TPSA) is 143 Å². The van der Waals surface area contributed by atoms with Gasteiger partial charge in [0.05, 0.1) is 11.9 Å². The summed E-state index contributed by atoms with van der Waals surface area (Å²) >= 11 is 0. The second-order valence-corrected chi connectivity index (χ2v) is 11.2. The Morgan fingerprint density at radius 2 is 1.72 bits per heavy atom. The molecule has 4 N–H and O–H groups in total. The van der Waals surface area contributed by atoms with E-state index in [0.29, 0.717) is 49.3 Å². The van der Waals surface area contributed by atoms with Crippen LogP contribution in [0.2, 0.25) is 0 Å². The van der Waals surface area contributed by atoms with Crippen molar-refractivity contribution in [1.29, 1.82) is 0 Å². The van der Waals surface area contributed by atoms with Gasteiger partial charge in [-0.3, -0.25) is 29.6 Å². The van der Waals surface area contributed by atoms with Gasteiger partial charge in [-0.1, -0.05) is 18.2 Å². The Bertz CT molecular complexity index is 1630. The fraction of sp³-hybridized carbons (Fsp3) is 0.303. The molecule has 10 nitrogen and oxygen atoms in total. The maximum absolute atomic E-state index is 13.3. The Hall–Kier alpha value is -4.83. The van der Waals surface area contributed by atoms with Crippen LogP contribution in [-0.2, 0) is 11.4 Å². The Morgan fingerprint density at radius 3 is 2.44 bits per heavy atom. The number of fused-ring (bicyclic) bond motifs is 1. The van der Waals surface area contributed by atoms with Crippen LogP contribution in [0.1, 0.15) is 69.8 Å². The number of carbonyl (C=O) groups excluding carboxylic acids is 3. The third-order valence-electron chi connectivity index (χ3n) is 7.87. The number of benzene rings is 2. The van der Waals surface area contributed by atoms with Crippen molar-refractivity contribution in [3.63, 3.8) is 0 Å². The number of para-hydroxylation sites is 1. The van der Waals surface area contributed by atoms with E-state index in [-0.39, 0.29) is 24.3 Å². The van der Waals surface area contributed by atoms with Gasteiger partial charge in [0.1, 0.15) is 18.1 Å². The number of nitrogens with one attached hydrogen (secondary N) is 3. The van der Waals surface area contributed by atoms with Crippen LogP contribution in [0.4, 0.5) is 0 Å². The Morgan fingerprint density at radius 1 is 0.977 bits per heavy atom. The minimum atomic E-state index is -0.873. The Kier molecular flexibility index (Phi) is 8.96. The normalized spacial score (nSPS) is 18.1. The van der Waals surface area contributed by atoms with Gasteiger partial charge in [0.25, 0.3) is 11.8 Å². The van der Waals surface area contributed by atoms with Gasteiger partial charge in [0.2, 0.25) is 5.91 Å². The van der Waals surface area contributed by atoms with Gasteiger partial charge >= 0.3 is 0 Å². The van der Waals surface area contributed by atoms with Gasteiger partial charge in [-0.25, -0.2) is 5.48 Å². The molecule has 0 atom stereocenters. The van der Waals surface area contributed by atoms with E-state index in [1.165, 1.54) is 0 Å². The highest BCUT2D eigenvalue weighted by Gasteiger charge is 2.39. The second-order valence-electron chi connectivity index (χ2n) is 11.2. The molecule has 0 bridgehead atoms. The van der Waals surface area contributed by atoms with Crippen molar-refractivity contribution in [3.05, 3.63) is 101 Å². The number of amides is 3. The molecule has 0 aliphatic heterocycles. The number of pyridine rings is 2. The third kappa shape index (κ3) is 7.34. The lowest BCUT2D eigenvalue weighted by atomic mass is 9.76. The number of aromatic nitrogens is 2. The van der Waals surface area contributed by atoms with E-state index in [9.17, 15) is 19.6 Å². The highest BCUT2D eigenvalue weighted by atomic mass is 16.5. The van der Waals surface area contributed by atoms with Crippen LogP contribution in [0, 0.1) is 13.8 Å². The first kappa shape index (κ1) is 29.7. The predicted octanol–water partition coefficient (Wildman–Crippen LogP) is 4.56. The number of hydroxylamine groups is 1. The number of rotatable bonds is 9. The molecule has 1 aliphatic carbocycles. The first-order valence-electron chi connectivity index (χ1n) is 14.3. The van der Waals surface area contributed by atoms with Gasteiger partial charge in [-0.2, -0.15) is 0 Å². The third-order valence-corrected chi connectivity index (χ3v) is 7.87. The molecular weight excluding hydrogens is 546 g/mol. The SMILES string of the molecule is Cc1ccnc(C(=O)N[C@H]2CC[C@@](CC(=O)NO)(NC(=O)c3ccc(OCc4cc(C)nc5ccccc45)cc3)CC2)c1. The lowest BCUT2D eigenvalue weighted by molar-refractivity contribution is -0.131. The van der Waals surface area contributed by atoms with Gasteiger partial charge in [0, 0.05) is 40.0 Å². The van der Waals surface area contributed by atoms with Crippen molar-refractivity contribution < 1.29 is 24.3 Å². The van der Waals surface area contributed by atoms with Crippen molar-refractivity contribution in [2.24, 2.45) is 0 Å². The molecule has 1 fully saturated rings. The number of carbonyl (C=O) groups is 3. The molecule has 1 aliphatic rings. The zero-order chi connectivity index (χ0) is 30.4. The maximum atomic E-state index is 13.3. The van der Waals surface area contributed by atoms with Crippen LogP contribution in [0.5, 0.6) is 5.75 Å². The lowest BCUT2D eigenvalue weighted by Gasteiger charge is -2.40.